The molecule has 3 aromatic rings. The number of hydrazone groups is 1. The highest BCUT2D eigenvalue weighted by atomic mass is 32.1. The van der Waals surface area contributed by atoms with E-state index < -0.39 is 39.8 Å². The normalized spacial score (nSPS) is 11.8. The van der Waals surface area contributed by atoms with Crippen molar-refractivity contribution in [2.24, 2.45) is 5.10 Å². The summed E-state index contributed by atoms with van der Waals surface area (Å²) in [6.45, 7) is 1.45. The molecule has 3 rings (SSSR count). The van der Waals surface area contributed by atoms with Crippen molar-refractivity contribution < 1.29 is 37.9 Å². The van der Waals surface area contributed by atoms with Crippen LogP contribution in [0.5, 0.6) is 5.75 Å². The van der Waals surface area contributed by atoms with Crippen LogP contribution in [0, 0.1) is 10.1 Å². The van der Waals surface area contributed by atoms with Gasteiger partial charge in [0.25, 0.3) is 11.6 Å². The fourth-order valence-electron chi connectivity index (χ4n) is 2.89. The standard InChI is InChI=1S/C21H14F3N3O6S/c1-10(25-26-19(29)12-4-7-14(20(30)31)16(8-12)27(32)33)15-9-34-18(17(15)28)11-2-5-13(6-3-11)21(22,23)24/h2-9,28H,1H3,(H,26,29)(H,30,31). The Hall–Kier alpha value is -4.26. The molecule has 0 bridgehead atoms. The SMILES string of the molecule is CC(=NNC(=O)c1ccc(C(=O)O)c([N+](=O)[O-])c1)c1csc(-c2ccc(C(F)(F)F)cc2)c1O. The maximum atomic E-state index is 12.7. The zero-order valence-electron chi connectivity index (χ0n) is 17.1. The molecular formula is C21H14F3N3O6S. The zero-order valence-corrected chi connectivity index (χ0v) is 17.9. The van der Waals surface area contributed by atoms with Gasteiger partial charge in [-0.05, 0) is 36.8 Å². The molecule has 1 aromatic heterocycles. The minimum atomic E-state index is -4.49. The topological polar surface area (TPSA) is 142 Å². The Labute approximate surface area is 192 Å². The van der Waals surface area contributed by atoms with Gasteiger partial charge in [-0.3, -0.25) is 14.9 Å². The maximum Gasteiger partial charge on any atom is 0.416 e. The van der Waals surface area contributed by atoms with E-state index in [0.29, 0.717) is 10.4 Å². The van der Waals surface area contributed by atoms with E-state index in [0.717, 1.165) is 41.7 Å². The predicted molar refractivity (Wildman–Crippen MR) is 116 cm³/mol. The lowest BCUT2D eigenvalue weighted by Crippen LogP contribution is -2.19. The van der Waals surface area contributed by atoms with Gasteiger partial charge in [-0.15, -0.1) is 11.3 Å². The van der Waals surface area contributed by atoms with E-state index in [1.54, 1.807) is 0 Å². The molecule has 9 nitrogen and oxygen atoms in total. The maximum absolute atomic E-state index is 12.7. The molecule has 0 fully saturated rings. The summed E-state index contributed by atoms with van der Waals surface area (Å²) in [4.78, 5) is 33.8. The Morgan fingerprint density at radius 3 is 2.32 bits per heavy atom. The van der Waals surface area contributed by atoms with Gasteiger partial charge in [0.15, 0.2) is 0 Å². The van der Waals surface area contributed by atoms with Gasteiger partial charge in [0.05, 0.1) is 26.6 Å². The fourth-order valence-corrected chi connectivity index (χ4v) is 3.90. The molecule has 3 N–H and O–H groups in total. The molecule has 13 heteroatoms. The number of hydrogen-bond donors (Lipinski definition) is 3. The molecule has 0 radical (unpaired) electrons. The van der Waals surface area contributed by atoms with E-state index in [9.17, 15) is 38.0 Å². The summed E-state index contributed by atoms with van der Waals surface area (Å²) in [5, 5.41) is 35.9. The van der Waals surface area contributed by atoms with Crippen molar-refractivity contribution >= 4 is 34.6 Å². The Morgan fingerprint density at radius 2 is 1.76 bits per heavy atom. The number of amides is 1. The third-order valence-electron chi connectivity index (χ3n) is 4.64. The largest absolute Gasteiger partial charge is 0.506 e. The summed E-state index contributed by atoms with van der Waals surface area (Å²) in [5.41, 5.74) is 0.483. The first-order chi connectivity index (χ1) is 15.9. The summed E-state index contributed by atoms with van der Waals surface area (Å²) in [6, 6.07) is 7.04. The minimum Gasteiger partial charge on any atom is -0.506 e. The molecule has 1 amide bonds. The number of alkyl halides is 3. The highest BCUT2D eigenvalue weighted by Gasteiger charge is 2.30. The van der Waals surface area contributed by atoms with Crippen molar-refractivity contribution in [3.05, 3.63) is 80.2 Å². The molecule has 0 unspecified atom stereocenters. The van der Waals surface area contributed by atoms with Crippen LogP contribution in [0.1, 0.15) is 38.8 Å². The number of rotatable bonds is 6. The molecule has 0 atom stereocenters. The number of carboxylic acids is 1. The first-order valence-electron chi connectivity index (χ1n) is 9.25. The van der Waals surface area contributed by atoms with Crippen LogP contribution in [0.4, 0.5) is 18.9 Å². The highest BCUT2D eigenvalue weighted by molar-refractivity contribution is 7.14. The zero-order chi connectivity index (χ0) is 25.2. The lowest BCUT2D eigenvalue weighted by molar-refractivity contribution is -0.385. The number of hydrogen-bond acceptors (Lipinski definition) is 7. The van der Waals surface area contributed by atoms with E-state index >= 15 is 0 Å². The number of thiophene rings is 1. The van der Waals surface area contributed by atoms with Gasteiger partial charge >= 0.3 is 12.1 Å². The number of benzene rings is 2. The summed E-state index contributed by atoms with van der Waals surface area (Å²) >= 11 is 1.06. The van der Waals surface area contributed by atoms with Crippen LogP contribution in [-0.2, 0) is 6.18 Å². The van der Waals surface area contributed by atoms with Gasteiger partial charge in [-0.2, -0.15) is 18.3 Å². The van der Waals surface area contributed by atoms with E-state index in [-0.39, 0.29) is 22.6 Å². The van der Waals surface area contributed by atoms with Gasteiger partial charge in [-0.1, -0.05) is 12.1 Å². The van der Waals surface area contributed by atoms with Crippen LogP contribution in [-0.4, -0.2) is 32.7 Å². The molecular weight excluding hydrogens is 479 g/mol. The lowest BCUT2D eigenvalue weighted by atomic mass is 10.1. The quantitative estimate of drug-likeness (QED) is 0.253. The third-order valence-corrected chi connectivity index (χ3v) is 5.66. The van der Waals surface area contributed by atoms with Crippen molar-refractivity contribution in [2.45, 2.75) is 13.1 Å². The average molecular weight is 493 g/mol. The molecule has 34 heavy (non-hydrogen) atoms. The Balaban J connectivity index is 1.81. The van der Waals surface area contributed by atoms with Crippen LogP contribution >= 0.6 is 11.3 Å². The van der Waals surface area contributed by atoms with Crippen LogP contribution in [0.3, 0.4) is 0 Å². The monoisotopic (exact) mass is 493 g/mol. The fraction of sp³-hybridized carbons (Fsp3) is 0.0952. The molecule has 0 aliphatic heterocycles. The molecule has 1 heterocycles. The summed E-state index contributed by atoms with van der Waals surface area (Å²) in [7, 11) is 0. The number of halogens is 3. The first-order valence-corrected chi connectivity index (χ1v) is 10.1. The molecule has 0 saturated carbocycles. The van der Waals surface area contributed by atoms with Gasteiger partial charge in [0, 0.05) is 17.0 Å². The number of nitrogens with one attached hydrogen (secondary N) is 1. The third kappa shape index (κ3) is 5.04. The van der Waals surface area contributed by atoms with Crippen molar-refractivity contribution in [3.63, 3.8) is 0 Å². The van der Waals surface area contributed by atoms with Crippen molar-refractivity contribution in [1.82, 2.24) is 5.43 Å². The van der Waals surface area contributed by atoms with Crippen LogP contribution < -0.4 is 5.43 Å². The van der Waals surface area contributed by atoms with Gasteiger partial charge in [0.2, 0.25) is 0 Å². The first kappa shape index (κ1) is 24.4. The number of carbonyl (C=O) groups is 2. The summed E-state index contributed by atoms with van der Waals surface area (Å²) < 4.78 is 38.2. The van der Waals surface area contributed by atoms with Gasteiger partial charge in [-0.25, -0.2) is 10.2 Å². The van der Waals surface area contributed by atoms with E-state index in [4.69, 9.17) is 5.11 Å². The molecule has 0 spiro atoms. The van der Waals surface area contributed by atoms with Crippen molar-refractivity contribution in [2.75, 3.05) is 0 Å². The number of aromatic carboxylic acids is 1. The van der Waals surface area contributed by atoms with Crippen molar-refractivity contribution in [3.8, 4) is 16.2 Å². The second kappa shape index (κ2) is 9.31. The summed E-state index contributed by atoms with van der Waals surface area (Å²) in [6.07, 6.45) is -4.49. The van der Waals surface area contributed by atoms with E-state index in [1.165, 1.54) is 24.4 Å². The Morgan fingerprint density at radius 1 is 1.12 bits per heavy atom. The molecule has 0 saturated heterocycles. The number of nitrogens with zero attached hydrogens (tertiary/aromatic N) is 2. The summed E-state index contributed by atoms with van der Waals surface area (Å²) in [5.74, 6) is -2.64. The molecule has 0 aliphatic rings. The number of carboxylic acid groups (broad SMARTS) is 1. The average Bonchev–Trinajstić information content (AvgIpc) is 3.17. The number of nitro benzene ring substituents is 1. The van der Waals surface area contributed by atoms with Crippen LogP contribution in [0.15, 0.2) is 52.9 Å². The second-order valence-electron chi connectivity index (χ2n) is 6.83. The van der Waals surface area contributed by atoms with E-state index in [2.05, 4.69) is 10.5 Å². The number of nitro groups is 1. The molecule has 2 aromatic carbocycles. The van der Waals surface area contributed by atoms with Gasteiger partial charge in [0.1, 0.15) is 11.3 Å². The van der Waals surface area contributed by atoms with Crippen LogP contribution in [0.25, 0.3) is 10.4 Å². The number of carbonyl (C=O) groups excluding carboxylic acids is 1. The van der Waals surface area contributed by atoms with E-state index in [1.807, 2.05) is 0 Å². The Bertz CT molecular complexity index is 1320. The van der Waals surface area contributed by atoms with Gasteiger partial charge < -0.3 is 10.2 Å². The highest BCUT2D eigenvalue weighted by Crippen LogP contribution is 2.40. The molecule has 0 aliphatic carbocycles. The molecule has 176 valence electrons. The predicted octanol–water partition coefficient (Wildman–Crippen LogP) is 4.90. The van der Waals surface area contributed by atoms with Crippen LogP contribution in [0.2, 0.25) is 0 Å². The minimum absolute atomic E-state index is 0.150. The Kier molecular flexibility index (Phi) is 6.68. The smallest absolute Gasteiger partial charge is 0.416 e. The van der Waals surface area contributed by atoms with Crippen molar-refractivity contribution in [1.29, 1.82) is 0 Å². The lowest BCUT2D eigenvalue weighted by Gasteiger charge is -2.07. The second-order valence-corrected chi connectivity index (χ2v) is 7.71. The number of aromatic hydroxyl groups is 1.